The molecular weight excluding hydrogens is 648 g/mol. The number of nitrogens with one attached hydrogen (secondary N) is 4. The fourth-order valence-electron chi connectivity index (χ4n) is 4.04. The number of benzene rings is 1. The first kappa shape index (κ1) is 43.9. The number of hydrogen-bond acceptors (Lipinski definition) is 11. The minimum absolute atomic E-state index is 0.126. The van der Waals surface area contributed by atoms with E-state index in [1.807, 2.05) is 35.6 Å². The molecule has 18 heteroatoms. The van der Waals surface area contributed by atoms with E-state index in [0.717, 1.165) is 5.56 Å². The van der Waals surface area contributed by atoms with Gasteiger partial charge >= 0.3 is 11.9 Å². The Morgan fingerprint density at radius 3 is 1.59 bits per heavy atom. The van der Waals surface area contributed by atoms with E-state index in [1.54, 1.807) is 48.5 Å². The Morgan fingerprint density at radius 1 is 0.735 bits per heavy atom. The van der Waals surface area contributed by atoms with Gasteiger partial charge in [-0.25, -0.2) is 20.5 Å². The molecule has 0 aromatic heterocycles. The van der Waals surface area contributed by atoms with Crippen LogP contribution >= 0.6 is 0 Å². The Bertz CT molecular complexity index is 1310. The molecule has 0 aliphatic carbocycles. The van der Waals surface area contributed by atoms with Gasteiger partial charge in [-0.15, -0.1) is 0 Å². The summed E-state index contributed by atoms with van der Waals surface area (Å²) in [6, 6.07) is 6.36. The molecule has 2 unspecified atom stereocenters. The van der Waals surface area contributed by atoms with Gasteiger partial charge in [0, 0.05) is 0 Å². The van der Waals surface area contributed by atoms with Gasteiger partial charge in [0.25, 0.3) is 11.8 Å². The molecule has 0 radical (unpaired) electrons. The van der Waals surface area contributed by atoms with E-state index < -0.39 is 102 Å². The van der Waals surface area contributed by atoms with Gasteiger partial charge in [-0.1, -0.05) is 58.0 Å². The second kappa shape index (κ2) is 21.0. The number of amides is 6. The highest BCUT2D eigenvalue weighted by Crippen LogP contribution is 2.15. The average Bonchev–Trinajstić information content (AvgIpc) is 2.95. The van der Waals surface area contributed by atoms with E-state index >= 15 is 0 Å². The van der Waals surface area contributed by atoms with Crippen LogP contribution in [0.1, 0.15) is 66.9 Å². The largest absolute Gasteiger partial charge is 0.480 e. The Hall–Kier alpha value is -5.10. The highest BCUT2D eigenvalue weighted by molar-refractivity contribution is 6.02. The number of ether oxygens (including phenoxy) is 1. The quantitative estimate of drug-likeness (QED) is 0.0439. The Balaban J connectivity index is 0.00000105. The molecule has 0 saturated heterocycles. The number of carboxylic acid groups (broad SMARTS) is 1. The van der Waals surface area contributed by atoms with Crippen LogP contribution in [0.2, 0.25) is 0 Å². The summed E-state index contributed by atoms with van der Waals surface area (Å²) in [7, 11) is 0. The van der Waals surface area contributed by atoms with Crippen molar-refractivity contribution in [2.24, 2.45) is 35.1 Å². The maximum Gasteiger partial charge on any atom is 0.329 e. The second-order valence-electron chi connectivity index (χ2n) is 12.5. The first-order valence-electron chi connectivity index (χ1n) is 15.1. The van der Waals surface area contributed by atoms with E-state index in [9.17, 15) is 38.4 Å². The lowest BCUT2D eigenvalue weighted by atomic mass is 9.93. The van der Waals surface area contributed by atoms with Gasteiger partial charge in [-0.3, -0.25) is 38.8 Å². The number of aliphatic carboxylic acids is 1. The third-order valence-electron chi connectivity index (χ3n) is 6.26. The maximum atomic E-state index is 12.7. The fraction of sp³-hybridized carbons (Fsp3) is 0.548. The number of hydrogen-bond donors (Lipinski definition) is 8. The number of rotatable bonds is 17. The van der Waals surface area contributed by atoms with Crippen LogP contribution in [-0.2, 0) is 54.5 Å². The van der Waals surface area contributed by atoms with Crippen LogP contribution in [0.5, 0.6) is 0 Å². The van der Waals surface area contributed by atoms with Gasteiger partial charge in [0.05, 0.1) is 19.4 Å². The number of carboxylic acids is 1. The van der Waals surface area contributed by atoms with Gasteiger partial charge in [0.15, 0.2) is 0 Å². The number of primary amides is 2. The molecule has 4 atom stereocenters. The van der Waals surface area contributed by atoms with Crippen molar-refractivity contribution in [2.45, 2.75) is 85.6 Å². The first-order valence-corrected chi connectivity index (χ1v) is 15.1. The van der Waals surface area contributed by atoms with E-state index in [1.165, 1.54) is 5.48 Å². The van der Waals surface area contributed by atoms with Gasteiger partial charge < -0.3 is 31.9 Å². The summed E-state index contributed by atoms with van der Waals surface area (Å²) in [4.78, 5) is 98.7. The molecule has 18 nitrogen and oxygen atoms in total. The lowest BCUT2D eigenvalue weighted by Gasteiger charge is -2.26. The molecule has 1 aromatic rings. The molecule has 0 fully saturated rings. The fourth-order valence-corrected chi connectivity index (χ4v) is 4.04. The van der Waals surface area contributed by atoms with Crippen LogP contribution in [0, 0.1) is 23.7 Å². The van der Waals surface area contributed by atoms with E-state index in [2.05, 4.69) is 10.8 Å². The molecular formula is C31H48N6O12. The Morgan fingerprint density at radius 2 is 1.18 bits per heavy atom. The minimum atomic E-state index is -1.52. The van der Waals surface area contributed by atoms with Crippen molar-refractivity contribution in [1.82, 2.24) is 21.6 Å². The lowest BCUT2D eigenvalue weighted by molar-refractivity contribution is -0.160. The molecule has 0 saturated carbocycles. The van der Waals surface area contributed by atoms with Crippen molar-refractivity contribution in [1.29, 1.82) is 0 Å². The average molecular weight is 697 g/mol. The zero-order valence-corrected chi connectivity index (χ0v) is 28.6. The van der Waals surface area contributed by atoms with Crippen LogP contribution in [-0.4, -0.2) is 75.4 Å². The predicted molar refractivity (Wildman–Crippen MR) is 171 cm³/mol. The SMILES string of the molecule is CC(C)C(C(=O)NO)C(=O)N[C@@H](CC(N)=O)C(=O)O.CC(C)C(C(=O)NOCc1ccccc1)C(=O)N[C@@H](CC(N)=O)C(=O)OC(C)(C)C. The lowest BCUT2D eigenvalue weighted by Crippen LogP contribution is -2.51. The topological polar surface area (TPSA) is 296 Å². The highest BCUT2D eigenvalue weighted by Gasteiger charge is 2.36. The highest BCUT2D eigenvalue weighted by atomic mass is 16.7. The van der Waals surface area contributed by atoms with Gasteiger partial charge in [-0.2, -0.15) is 0 Å². The van der Waals surface area contributed by atoms with Crippen molar-refractivity contribution in [3.63, 3.8) is 0 Å². The summed E-state index contributed by atoms with van der Waals surface area (Å²) < 4.78 is 5.23. The summed E-state index contributed by atoms with van der Waals surface area (Å²) in [5.41, 5.74) is 13.7. The van der Waals surface area contributed by atoms with Crippen LogP contribution < -0.4 is 33.1 Å². The van der Waals surface area contributed by atoms with E-state index in [4.69, 9.17) is 31.4 Å². The number of carbonyl (C=O) groups is 8. The van der Waals surface area contributed by atoms with Crippen LogP contribution in [0.15, 0.2) is 30.3 Å². The number of carbonyl (C=O) groups excluding carboxylic acids is 7. The summed E-state index contributed by atoms with van der Waals surface area (Å²) in [6.45, 7) is 11.5. The second-order valence-corrected chi connectivity index (χ2v) is 12.5. The summed E-state index contributed by atoms with van der Waals surface area (Å²) >= 11 is 0. The summed E-state index contributed by atoms with van der Waals surface area (Å²) in [5.74, 6) is -10.5. The molecule has 49 heavy (non-hydrogen) atoms. The normalized spacial score (nSPS) is 13.3. The standard InChI is InChI=1S/C21H31N3O6.C10H17N3O6/c1-13(2)17(19(27)24-29-12-14-9-7-6-8-10-14)18(26)23-15(11-16(22)25)20(28)30-21(3,4)5;1-4(2)7(9(16)13-19)8(15)12-5(10(17)18)3-6(11)14/h6-10,13,15,17H,11-12H2,1-5H3,(H2,22,25)(H,23,26)(H,24,27);4-5,7,19H,3H2,1-2H3,(H2,11,14)(H,12,15)(H,13,16)(H,17,18)/t15-,17?;5-,7?/m00/s1. The molecule has 0 aliphatic heterocycles. The van der Waals surface area contributed by atoms with Gasteiger partial charge in [0.2, 0.25) is 23.6 Å². The maximum absolute atomic E-state index is 12.7. The van der Waals surface area contributed by atoms with Crippen LogP contribution in [0.4, 0.5) is 0 Å². The van der Waals surface area contributed by atoms with Crippen molar-refractivity contribution < 1.29 is 58.2 Å². The summed E-state index contributed by atoms with van der Waals surface area (Å²) in [6.07, 6.45) is -1.04. The van der Waals surface area contributed by atoms with Gasteiger partial charge in [-0.05, 0) is 38.2 Å². The third-order valence-corrected chi connectivity index (χ3v) is 6.26. The number of nitrogens with two attached hydrogens (primary N) is 2. The molecule has 1 aromatic carbocycles. The Labute approximate surface area is 283 Å². The third kappa shape index (κ3) is 17.6. The van der Waals surface area contributed by atoms with Crippen molar-refractivity contribution in [3.05, 3.63) is 35.9 Å². The zero-order chi connectivity index (χ0) is 38.1. The monoisotopic (exact) mass is 696 g/mol. The molecule has 1 rings (SSSR count). The van der Waals surface area contributed by atoms with E-state index in [-0.39, 0.29) is 6.61 Å². The molecule has 0 bridgehead atoms. The molecule has 10 N–H and O–H groups in total. The predicted octanol–water partition coefficient (Wildman–Crippen LogP) is -0.583. The van der Waals surface area contributed by atoms with Crippen LogP contribution in [0.3, 0.4) is 0 Å². The summed E-state index contributed by atoms with van der Waals surface area (Å²) in [5, 5.41) is 21.8. The van der Waals surface area contributed by atoms with Crippen molar-refractivity contribution >= 4 is 47.4 Å². The molecule has 274 valence electrons. The van der Waals surface area contributed by atoms with Gasteiger partial charge in [0.1, 0.15) is 29.5 Å². The molecule has 0 heterocycles. The van der Waals surface area contributed by atoms with Crippen molar-refractivity contribution in [2.75, 3.05) is 0 Å². The molecule has 0 spiro atoms. The first-order chi connectivity index (χ1) is 22.6. The smallest absolute Gasteiger partial charge is 0.329 e. The molecule has 6 amide bonds. The minimum Gasteiger partial charge on any atom is -0.480 e. The number of hydroxylamine groups is 2. The van der Waals surface area contributed by atoms with Crippen LogP contribution in [0.25, 0.3) is 0 Å². The Kier molecular flexibility index (Phi) is 18.8. The van der Waals surface area contributed by atoms with Crippen molar-refractivity contribution in [3.8, 4) is 0 Å². The zero-order valence-electron chi connectivity index (χ0n) is 28.6. The molecule has 0 aliphatic rings. The van der Waals surface area contributed by atoms with E-state index in [0.29, 0.717) is 0 Å². The number of esters is 1.